The fourth-order valence-corrected chi connectivity index (χ4v) is 2.71. The largest absolute Gasteiger partial charge is 0.342 e. The summed E-state index contributed by atoms with van der Waals surface area (Å²) in [6.45, 7) is 0. The van der Waals surface area contributed by atoms with E-state index in [-0.39, 0.29) is 30.3 Å². The van der Waals surface area contributed by atoms with Crippen LogP contribution in [0.3, 0.4) is 0 Å². The number of nitrogens with one attached hydrogen (secondary N) is 1. The summed E-state index contributed by atoms with van der Waals surface area (Å²) in [7, 11) is 0. The molecule has 1 fully saturated rings. The Morgan fingerprint density at radius 2 is 2.05 bits per heavy atom. The number of nitrogens with two attached hydrogens (primary N) is 1. The molecule has 2 unspecified atom stereocenters. The molecule has 2 atom stereocenters. The average Bonchev–Trinajstić information content (AvgIpc) is 3.02. The molecule has 0 bridgehead atoms. The van der Waals surface area contributed by atoms with Gasteiger partial charge in [0.1, 0.15) is 0 Å². The van der Waals surface area contributed by atoms with Crippen LogP contribution in [0.25, 0.3) is 11.4 Å². The molecule has 0 aliphatic heterocycles. The number of carbonyl (C=O) groups is 1. The smallest absolute Gasteiger partial charge is 0.227 e. The standard InChI is InChI=1S/C15H18N4O2.ClH/c16-12-3-1-2-11(8-12)15(20)18-13-6-4-10(5-7-13)14-17-9-21-19-14;/h4-7,9,11-12H,1-3,8,16H2,(H,18,20);1H. The lowest BCUT2D eigenvalue weighted by molar-refractivity contribution is -0.120. The zero-order valence-electron chi connectivity index (χ0n) is 12.1. The summed E-state index contributed by atoms with van der Waals surface area (Å²) in [6, 6.07) is 7.54. The van der Waals surface area contributed by atoms with E-state index in [1.165, 1.54) is 6.39 Å². The van der Waals surface area contributed by atoms with Crippen LogP contribution in [0.5, 0.6) is 0 Å². The van der Waals surface area contributed by atoms with E-state index in [9.17, 15) is 4.79 Å². The van der Waals surface area contributed by atoms with Gasteiger partial charge in [0, 0.05) is 23.2 Å². The van der Waals surface area contributed by atoms with Gasteiger partial charge < -0.3 is 15.6 Å². The minimum absolute atomic E-state index is 0. The van der Waals surface area contributed by atoms with Gasteiger partial charge in [-0.3, -0.25) is 4.79 Å². The molecule has 0 spiro atoms. The first-order valence-corrected chi connectivity index (χ1v) is 7.15. The molecular weight excluding hydrogens is 304 g/mol. The van der Waals surface area contributed by atoms with E-state index in [1.807, 2.05) is 24.3 Å². The predicted octanol–water partition coefficient (Wildman–Crippen LogP) is 2.61. The topological polar surface area (TPSA) is 94.0 Å². The van der Waals surface area contributed by atoms with Gasteiger partial charge in [-0.2, -0.15) is 4.98 Å². The minimum atomic E-state index is 0. The van der Waals surface area contributed by atoms with Crippen molar-refractivity contribution in [3.63, 3.8) is 0 Å². The third-order valence-electron chi connectivity index (χ3n) is 3.86. The van der Waals surface area contributed by atoms with Crippen molar-refractivity contribution in [2.75, 3.05) is 5.32 Å². The lowest BCUT2D eigenvalue weighted by atomic mass is 9.85. The molecule has 0 saturated heterocycles. The maximum Gasteiger partial charge on any atom is 0.227 e. The van der Waals surface area contributed by atoms with Crippen LogP contribution in [0.1, 0.15) is 25.7 Å². The number of rotatable bonds is 3. The number of amides is 1. The van der Waals surface area contributed by atoms with Gasteiger partial charge in [0.05, 0.1) is 0 Å². The Bertz CT molecular complexity index is 601. The second kappa shape index (κ2) is 7.38. The molecule has 3 N–H and O–H groups in total. The van der Waals surface area contributed by atoms with Crippen molar-refractivity contribution in [3.05, 3.63) is 30.7 Å². The van der Waals surface area contributed by atoms with Crippen LogP contribution in [0.15, 0.2) is 35.2 Å². The predicted molar refractivity (Wildman–Crippen MR) is 85.5 cm³/mol. The van der Waals surface area contributed by atoms with Crippen LogP contribution in [0.4, 0.5) is 5.69 Å². The van der Waals surface area contributed by atoms with Gasteiger partial charge in [-0.05, 0) is 43.5 Å². The summed E-state index contributed by atoms with van der Waals surface area (Å²) < 4.78 is 4.71. The molecule has 118 valence electrons. The Labute approximate surface area is 134 Å². The van der Waals surface area contributed by atoms with E-state index in [0.29, 0.717) is 5.82 Å². The number of halogens is 1. The van der Waals surface area contributed by atoms with Crippen molar-refractivity contribution in [1.82, 2.24) is 10.1 Å². The van der Waals surface area contributed by atoms with Crippen molar-refractivity contribution in [3.8, 4) is 11.4 Å². The van der Waals surface area contributed by atoms with E-state index < -0.39 is 0 Å². The average molecular weight is 323 g/mol. The van der Waals surface area contributed by atoms with Gasteiger partial charge in [-0.15, -0.1) is 12.4 Å². The number of nitrogens with zero attached hydrogens (tertiary/aromatic N) is 2. The number of anilines is 1. The molecule has 1 aromatic heterocycles. The van der Waals surface area contributed by atoms with E-state index in [2.05, 4.69) is 15.5 Å². The maximum atomic E-state index is 12.2. The first-order valence-electron chi connectivity index (χ1n) is 7.15. The SMILES string of the molecule is Cl.NC1CCCC(C(=O)Nc2ccc(-c3ncon3)cc2)C1. The lowest BCUT2D eigenvalue weighted by Crippen LogP contribution is -2.34. The van der Waals surface area contributed by atoms with Crippen molar-refractivity contribution < 1.29 is 9.32 Å². The lowest BCUT2D eigenvalue weighted by Gasteiger charge is -2.25. The molecule has 22 heavy (non-hydrogen) atoms. The molecule has 0 radical (unpaired) electrons. The van der Waals surface area contributed by atoms with E-state index in [1.54, 1.807) is 0 Å². The highest BCUT2D eigenvalue weighted by atomic mass is 35.5. The third-order valence-corrected chi connectivity index (χ3v) is 3.86. The fraction of sp³-hybridized carbons (Fsp3) is 0.400. The molecule has 6 nitrogen and oxygen atoms in total. The monoisotopic (exact) mass is 322 g/mol. The summed E-state index contributed by atoms with van der Waals surface area (Å²) in [5.41, 5.74) is 7.55. The zero-order valence-corrected chi connectivity index (χ0v) is 12.9. The summed E-state index contributed by atoms with van der Waals surface area (Å²) in [6.07, 6.45) is 5.02. The quantitative estimate of drug-likeness (QED) is 0.905. The second-order valence-corrected chi connectivity index (χ2v) is 5.45. The summed E-state index contributed by atoms with van der Waals surface area (Å²) in [5, 5.41) is 6.72. The number of carbonyl (C=O) groups excluding carboxylic acids is 1. The van der Waals surface area contributed by atoms with Crippen LogP contribution in [-0.2, 0) is 4.79 Å². The highest BCUT2D eigenvalue weighted by molar-refractivity contribution is 5.92. The number of benzene rings is 1. The van der Waals surface area contributed by atoms with Crippen LogP contribution in [0, 0.1) is 5.92 Å². The molecule has 2 aromatic rings. The Kier molecular flexibility index (Phi) is 5.51. The number of hydrogen-bond acceptors (Lipinski definition) is 5. The zero-order chi connectivity index (χ0) is 14.7. The Balaban J connectivity index is 0.00000176. The molecule has 1 aliphatic carbocycles. The molecule has 1 aliphatic rings. The Morgan fingerprint density at radius 3 is 2.68 bits per heavy atom. The van der Waals surface area contributed by atoms with Crippen molar-refractivity contribution in [2.24, 2.45) is 11.7 Å². The van der Waals surface area contributed by atoms with Crippen LogP contribution in [-0.4, -0.2) is 22.1 Å². The maximum absolute atomic E-state index is 12.2. The van der Waals surface area contributed by atoms with E-state index in [4.69, 9.17) is 10.3 Å². The van der Waals surface area contributed by atoms with Crippen molar-refractivity contribution in [2.45, 2.75) is 31.7 Å². The minimum Gasteiger partial charge on any atom is -0.342 e. The van der Waals surface area contributed by atoms with Gasteiger partial charge in [0.15, 0.2) is 0 Å². The molecule has 3 rings (SSSR count). The van der Waals surface area contributed by atoms with Crippen molar-refractivity contribution >= 4 is 24.0 Å². The van der Waals surface area contributed by atoms with Gasteiger partial charge in [-0.25, -0.2) is 0 Å². The van der Waals surface area contributed by atoms with Gasteiger partial charge >= 0.3 is 0 Å². The fourth-order valence-electron chi connectivity index (χ4n) is 2.71. The highest BCUT2D eigenvalue weighted by Crippen LogP contribution is 2.25. The third kappa shape index (κ3) is 3.84. The van der Waals surface area contributed by atoms with Crippen LogP contribution in [0.2, 0.25) is 0 Å². The van der Waals surface area contributed by atoms with Gasteiger partial charge in [0.25, 0.3) is 0 Å². The van der Waals surface area contributed by atoms with Crippen LogP contribution >= 0.6 is 12.4 Å². The number of aromatic nitrogens is 2. The van der Waals surface area contributed by atoms with Crippen LogP contribution < -0.4 is 11.1 Å². The Hall–Kier alpha value is -1.92. The molecule has 1 aromatic carbocycles. The van der Waals surface area contributed by atoms with Gasteiger partial charge in [0.2, 0.25) is 18.1 Å². The molecule has 1 saturated carbocycles. The normalized spacial score (nSPS) is 21.0. The molecule has 7 heteroatoms. The summed E-state index contributed by atoms with van der Waals surface area (Å²) in [4.78, 5) is 16.2. The van der Waals surface area contributed by atoms with E-state index in [0.717, 1.165) is 36.9 Å². The van der Waals surface area contributed by atoms with E-state index >= 15 is 0 Å². The second-order valence-electron chi connectivity index (χ2n) is 5.45. The molecule has 1 amide bonds. The first-order chi connectivity index (χ1) is 10.2. The molecule has 1 heterocycles. The van der Waals surface area contributed by atoms with Gasteiger partial charge in [-0.1, -0.05) is 11.6 Å². The Morgan fingerprint density at radius 1 is 1.27 bits per heavy atom. The summed E-state index contributed by atoms with van der Waals surface area (Å²) in [5.74, 6) is 0.606. The number of hydrogen-bond donors (Lipinski definition) is 2. The molecular formula is C15H19ClN4O2. The van der Waals surface area contributed by atoms with Crippen molar-refractivity contribution in [1.29, 1.82) is 0 Å². The summed E-state index contributed by atoms with van der Waals surface area (Å²) >= 11 is 0. The first kappa shape index (κ1) is 16.5. The highest BCUT2D eigenvalue weighted by Gasteiger charge is 2.25.